The number of carbonyl (C=O) groups is 1. The summed E-state index contributed by atoms with van der Waals surface area (Å²) in [5.41, 5.74) is 1.73. The topological polar surface area (TPSA) is 33.2 Å². The Bertz CT molecular complexity index is 1160. The van der Waals surface area contributed by atoms with Crippen molar-refractivity contribution in [1.29, 1.82) is 0 Å². The Morgan fingerprint density at radius 1 is 1.00 bits per heavy atom. The Morgan fingerprint density at radius 3 is 2.54 bits per heavy atom. The second-order valence-electron chi connectivity index (χ2n) is 6.11. The number of benzene rings is 3. The highest BCUT2D eigenvalue weighted by molar-refractivity contribution is 9.10. The second kappa shape index (κ2) is 7.77. The van der Waals surface area contributed by atoms with Crippen LogP contribution >= 0.6 is 27.3 Å². The molecule has 28 heavy (non-hydrogen) atoms. The Hall–Kier alpha value is -2.64. The van der Waals surface area contributed by atoms with Crippen LogP contribution in [0.1, 0.15) is 15.9 Å². The van der Waals surface area contributed by atoms with Gasteiger partial charge in [0.15, 0.2) is 16.8 Å². The van der Waals surface area contributed by atoms with Gasteiger partial charge in [0.1, 0.15) is 0 Å². The SMILES string of the molecule is O=C(c1ccc(F)c(F)c1)N(Cc1ccccc1)c1nc2ccc(Br)cc2s1. The molecule has 7 heteroatoms. The van der Waals surface area contributed by atoms with E-state index in [1.807, 2.05) is 48.5 Å². The van der Waals surface area contributed by atoms with Gasteiger partial charge in [-0.05, 0) is 42.0 Å². The number of anilines is 1. The third-order valence-corrected chi connectivity index (χ3v) is 5.70. The third kappa shape index (κ3) is 3.81. The summed E-state index contributed by atoms with van der Waals surface area (Å²) >= 11 is 4.80. The number of amides is 1. The molecule has 1 heterocycles. The molecule has 0 unspecified atom stereocenters. The first-order valence-corrected chi connectivity index (χ1v) is 9.99. The summed E-state index contributed by atoms with van der Waals surface area (Å²) in [6, 6.07) is 18.3. The summed E-state index contributed by atoms with van der Waals surface area (Å²) in [4.78, 5) is 19.2. The molecule has 0 N–H and O–H groups in total. The van der Waals surface area contributed by atoms with Crippen molar-refractivity contribution in [2.24, 2.45) is 0 Å². The number of halogens is 3. The van der Waals surface area contributed by atoms with E-state index in [0.29, 0.717) is 5.13 Å². The van der Waals surface area contributed by atoms with Crippen LogP contribution < -0.4 is 4.90 Å². The van der Waals surface area contributed by atoms with Crippen LogP contribution in [-0.4, -0.2) is 10.9 Å². The number of fused-ring (bicyclic) bond motifs is 1. The molecular formula is C21H13BrF2N2OS. The highest BCUT2D eigenvalue weighted by Gasteiger charge is 2.23. The molecule has 3 nitrogen and oxygen atoms in total. The van der Waals surface area contributed by atoms with E-state index in [0.717, 1.165) is 32.4 Å². The summed E-state index contributed by atoms with van der Waals surface area (Å²) in [6.45, 7) is 0.264. The maximum atomic E-state index is 13.7. The number of nitrogens with zero attached hydrogens (tertiary/aromatic N) is 2. The lowest BCUT2D eigenvalue weighted by Crippen LogP contribution is -2.30. The molecule has 0 spiro atoms. The summed E-state index contributed by atoms with van der Waals surface area (Å²) in [6.07, 6.45) is 0. The van der Waals surface area contributed by atoms with E-state index in [-0.39, 0.29) is 12.1 Å². The van der Waals surface area contributed by atoms with Gasteiger partial charge in [0, 0.05) is 10.0 Å². The molecule has 0 fully saturated rings. The van der Waals surface area contributed by atoms with Gasteiger partial charge in [-0.15, -0.1) is 0 Å². The Kier molecular flexibility index (Phi) is 5.19. The van der Waals surface area contributed by atoms with Crippen LogP contribution in [0.15, 0.2) is 71.2 Å². The number of thiazole rings is 1. The fraction of sp³-hybridized carbons (Fsp3) is 0.0476. The first kappa shape index (κ1) is 18.7. The van der Waals surface area contributed by atoms with Crippen molar-refractivity contribution in [2.75, 3.05) is 4.90 Å². The van der Waals surface area contributed by atoms with E-state index in [2.05, 4.69) is 20.9 Å². The van der Waals surface area contributed by atoms with E-state index in [1.165, 1.54) is 22.3 Å². The molecule has 3 aromatic carbocycles. The summed E-state index contributed by atoms with van der Waals surface area (Å²) in [5.74, 6) is -2.49. The standard InChI is InChI=1S/C21H13BrF2N2OS/c22-15-7-9-18-19(11-15)28-21(25-18)26(12-13-4-2-1-3-5-13)20(27)14-6-8-16(23)17(24)10-14/h1-11H,12H2. The van der Waals surface area contributed by atoms with E-state index < -0.39 is 17.5 Å². The van der Waals surface area contributed by atoms with Crippen molar-refractivity contribution < 1.29 is 13.6 Å². The van der Waals surface area contributed by atoms with Crippen LogP contribution in [0.3, 0.4) is 0 Å². The maximum absolute atomic E-state index is 13.7. The van der Waals surface area contributed by atoms with Gasteiger partial charge in [-0.25, -0.2) is 13.8 Å². The van der Waals surface area contributed by atoms with Crippen LogP contribution in [0.2, 0.25) is 0 Å². The molecule has 1 amide bonds. The fourth-order valence-electron chi connectivity index (χ4n) is 2.78. The summed E-state index contributed by atoms with van der Waals surface area (Å²) in [5, 5.41) is 0.492. The van der Waals surface area contributed by atoms with Gasteiger partial charge in [-0.1, -0.05) is 57.6 Å². The minimum atomic E-state index is -1.06. The molecule has 0 bridgehead atoms. The van der Waals surface area contributed by atoms with Crippen molar-refractivity contribution >= 4 is 48.5 Å². The maximum Gasteiger partial charge on any atom is 0.260 e. The lowest BCUT2D eigenvalue weighted by atomic mass is 10.1. The number of hydrogen-bond acceptors (Lipinski definition) is 3. The predicted octanol–water partition coefficient (Wildman–Crippen LogP) is 6.18. The molecule has 0 radical (unpaired) electrons. The van der Waals surface area contributed by atoms with Crippen molar-refractivity contribution in [1.82, 2.24) is 4.98 Å². The average molecular weight is 459 g/mol. The van der Waals surface area contributed by atoms with Gasteiger partial charge < -0.3 is 0 Å². The van der Waals surface area contributed by atoms with E-state index >= 15 is 0 Å². The van der Waals surface area contributed by atoms with Gasteiger partial charge in [0.25, 0.3) is 5.91 Å². The van der Waals surface area contributed by atoms with Crippen molar-refractivity contribution in [3.8, 4) is 0 Å². The molecule has 0 saturated heterocycles. The minimum Gasteiger partial charge on any atom is -0.279 e. The van der Waals surface area contributed by atoms with Gasteiger partial charge >= 0.3 is 0 Å². The molecule has 0 saturated carbocycles. The number of hydrogen-bond donors (Lipinski definition) is 0. The largest absolute Gasteiger partial charge is 0.279 e. The van der Waals surface area contributed by atoms with Crippen LogP contribution in [0.4, 0.5) is 13.9 Å². The summed E-state index contributed by atoms with van der Waals surface area (Å²) < 4.78 is 28.8. The second-order valence-corrected chi connectivity index (χ2v) is 8.04. The molecule has 1 aromatic heterocycles. The Balaban J connectivity index is 1.78. The molecule has 4 rings (SSSR count). The zero-order valence-corrected chi connectivity index (χ0v) is 16.8. The van der Waals surface area contributed by atoms with E-state index in [1.54, 1.807) is 0 Å². The molecule has 0 atom stereocenters. The highest BCUT2D eigenvalue weighted by atomic mass is 79.9. The molecule has 4 aromatic rings. The van der Waals surface area contributed by atoms with Gasteiger partial charge in [-0.2, -0.15) is 0 Å². The average Bonchev–Trinajstić information content (AvgIpc) is 3.11. The monoisotopic (exact) mass is 458 g/mol. The minimum absolute atomic E-state index is 0.0651. The lowest BCUT2D eigenvalue weighted by molar-refractivity contribution is 0.0984. The quantitative estimate of drug-likeness (QED) is 0.365. The molecular weight excluding hydrogens is 446 g/mol. The predicted molar refractivity (Wildman–Crippen MR) is 111 cm³/mol. The normalized spacial score (nSPS) is 11.0. The fourth-order valence-corrected chi connectivity index (χ4v) is 4.29. The van der Waals surface area contributed by atoms with E-state index in [4.69, 9.17) is 0 Å². The zero-order chi connectivity index (χ0) is 19.7. The van der Waals surface area contributed by atoms with Crippen molar-refractivity contribution in [3.05, 3.63) is 94.0 Å². The molecule has 0 aliphatic carbocycles. The van der Waals surface area contributed by atoms with Crippen LogP contribution in [0, 0.1) is 11.6 Å². The lowest BCUT2D eigenvalue weighted by Gasteiger charge is -2.20. The molecule has 140 valence electrons. The number of aromatic nitrogens is 1. The third-order valence-electron chi connectivity index (χ3n) is 4.17. The van der Waals surface area contributed by atoms with Crippen molar-refractivity contribution in [3.63, 3.8) is 0 Å². The highest BCUT2D eigenvalue weighted by Crippen LogP contribution is 2.32. The summed E-state index contributed by atoms with van der Waals surface area (Å²) in [7, 11) is 0. The molecule has 0 aliphatic heterocycles. The van der Waals surface area contributed by atoms with Gasteiger partial charge in [-0.3, -0.25) is 9.69 Å². The number of carbonyl (C=O) groups excluding carboxylic acids is 1. The van der Waals surface area contributed by atoms with Gasteiger partial charge in [0.2, 0.25) is 0 Å². The van der Waals surface area contributed by atoms with Crippen LogP contribution in [-0.2, 0) is 6.54 Å². The van der Waals surface area contributed by atoms with Gasteiger partial charge in [0.05, 0.1) is 16.8 Å². The zero-order valence-electron chi connectivity index (χ0n) is 14.4. The smallest absolute Gasteiger partial charge is 0.260 e. The van der Waals surface area contributed by atoms with Crippen LogP contribution in [0.5, 0.6) is 0 Å². The number of rotatable bonds is 4. The first-order valence-electron chi connectivity index (χ1n) is 8.38. The van der Waals surface area contributed by atoms with Crippen LogP contribution in [0.25, 0.3) is 10.2 Å². The van der Waals surface area contributed by atoms with Crippen molar-refractivity contribution in [2.45, 2.75) is 6.54 Å². The Labute approximate surface area is 172 Å². The van der Waals surface area contributed by atoms with E-state index in [9.17, 15) is 13.6 Å². The Morgan fingerprint density at radius 2 is 1.79 bits per heavy atom. The first-order chi connectivity index (χ1) is 13.5. The molecule has 0 aliphatic rings.